The highest BCUT2D eigenvalue weighted by atomic mass is 35.5. The topological polar surface area (TPSA) is 49.6 Å². The van der Waals surface area contributed by atoms with Crippen LogP contribution < -0.4 is 10.6 Å². The van der Waals surface area contributed by atoms with Crippen molar-refractivity contribution in [3.8, 4) is 0 Å². The largest absolute Gasteiger partial charge is 0.369 e. The highest BCUT2D eigenvalue weighted by Crippen LogP contribution is 2.22. The molecule has 0 aliphatic carbocycles. The molecule has 0 spiro atoms. The van der Waals surface area contributed by atoms with E-state index < -0.39 is 6.04 Å². The zero-order valence-corrected chi connectivity index (χ0v) is 15.8. The molecule has 2 N–H and O–H groups in total. The van der Waals surface area contributed by atoms with Crippen LogP contribution in [-0.4, -0.2) is 43.0 Å². The molecule has 6 heteroatoms. The molecule has 4 nitrogen and oxygen atoms in total. The summed E-state index contributed by atoms with van der Waals surface area (Å²) < 4.78 is 0. The van der Waals surface area contributed by atoms with Crippen molar-refractivity contribution >= 4 is 36.4 Å². The molecule has 0 radical (unpaired) electrons. The first-order valence-electron chi connectivity index (χ1n) is 7.83. The molecule has 1 unspecified atom stereocenters. The molecule has 2 atom stereocenters. The summed E-state index contributed by atoms with van der Waals surface area (Å²) >= 11 is 0. The van der Waals surface area contributed by atoms with E-state index in [1.54, 1.807) is 0 Å². The second kappa shape index (κ2) is 10.0. The number of benzene rings is 1. The Hall–Kier alpha value is -0.970. The van der Waals surface area contributed by atoms with Gasteiger partial charge in [0.1, 0.15) is 0 Å². The first-order valence-corrected chi connectivity index (χ1v) is 7.83. The van der Waals surface area contributed by atoms with E-state index in [1.807, 2.05) is 31.9 Å². The summed E-state index contributed by atoms with van der Waals surface area (Å²) in [6.45, 7) is 5.93. The molecule has 0 aromatic heterocycles. The van der Waals surface area contributed by atoms with Gasteiger partial charge in [0.2, 0.25) is 5.91 Å². The first-order chi connectivity index (χ1) is 10.0. The normalized spacial score (nSPS) is 18.7. The monoisotopic (exact) mass is 361 g/mol. The van der Waals surface area contributed by atoms with E-state index in [1.165, 1.54) is 5.69 Å². The third-order valence-electron chi connectivity index (χ3n) is 4.42. The van der Waals surface area contributed by atoms with Crippen LogP contribution in [0.4, 0.5) is 5.69 Å². The fourth-order valence-corrected chi connectivity index (χ4v) is 2.84. The molecular weight excluding hydrogens is 333 g/mol. The molecule has 0 saturated carbocycles. The highest BCUT2D eigenvalue weighted by Gasteiger charge is 2.29. The summed E-state index contributed by atoms with van der Waals surface area (Å²) in [4.78, 5) is 16.6. The van der Waals surface area contributed by atoms with Gasteiger partial charge in [-0.1, -0.05) is 32.0 Å². The maximum absolute atomic E-state index is 12.4. The molecule has 132 valence electrons. The lowest BCUT2D eigenvalue weighted by Gasteiger charge is -2.39. The van der Waals surface area contributed by atoms with E-state index in [2.05, 4.69) is 29.2 Å². The van der Waals surface area contributed by atoms with Crippen LogP contribution in [0.5, 0.6) is 0 Å². The standard InChI is InChI=1S/C17H27N3O.2ClH/c1-13(2)16(18)17(21)19(3)15-10-7-11-20(12-15)14-8-5-4-6-9-14;;/h4-6,8-9,13,15-16H,7,10-12,18H2,1-3H3;2*1H/t15?,16-;;/m0../s1. The number of anilines is 1. The maximum atomic E-state index is 12.4. The Morgan fingerprint density at radius 3 is 2.43 bits per heavy atom. The minimum atomic E-state index is -0.401. The summed E-state index contributed by atoms with van der Waals surface area (Å²) in [5.41, 5.74) is 7.24. The van der Waals surface area contributed by atoms with Crippen LogP contribution in [0.3, 0.4) is 0 Å². The van der Waals surface area contributed by atoms with Gasteiger partial charge in [0.25, 0.3) is 0 Å². The molecule has 0 bridgehead atoms. The predicted octanol–water partition coefficient (Wildman–Crippen LogP) is 2.94. The summed E-state index contributed by atoms with van der Waals surface area (Å²) in [5.74, 6) is 0.235. The molecule has 2 rings (SSSR count). The summed E-state index contributed by atoms with van der Waals surface area (Å²) in [7, 11) is 1.89. The summed E-state index contributed by atoms with van der Waals surface area (Å²) in [6, 6.07) is 10.2. The highest BCUT2D eigenvalue weighted by molar-refractivity contribution is 5.85. The third-order valence-corrected chi connectivity index (χ3v) is 4.42. The second-order valence-electron chi connectivity index (χ2n) is 6.30. The maximum Gasteiger partial charge on any atom is 0.239 e. The molecule has 1 heterocycles. The van der Waals surface area contributed by atoms with Gasteiger partial charge in [-0.2, -0.15) is 0 Å². The van der Waals surface area contributed by atoms with Gasteiger partial charge in [0.15, 0.2) is 0 Å². The van der Waals surface area contributed by atoms with Crippen LogP contribution in [0.15, 0.2) is 30.3 Å². The van der Waals surface area contributed by atoms with Gasteiger partial charge in [-0.15, -0.1) is 24.8 Å². The van der Waals surface area contributed by atoms with Gasteiger partial charge < -0.3 is 15.5 Å². The fraction of sp³-hybridized carbons (Fsp3) is 0.588. The molecule has 23 heavy (non-hydrogen) atoms. The van der Waals surface area contributed by atoms with Crippen LogP contribution in [0.1, 0.15) is 26.7 Å². The molecule has 1 fully saturated rings. The van der Waals surface area contributed by atoms with Gasteiger partial charge in [-0.3, -0.25) is 4.79 Å². The number of carbonyl (C=O) groups is 1. The third kappa shape index (κ3) is 5.55. The predicted molar refractivity (Wildman–Crippen MR) is 102 cm³/mol. The lowest BCUT2D eigenvalue weighted by atomic mass is 10.00. The second-order valence-corrected chi connectivity index (χ2v) is 6.30. The van der Waals surface area contributed by atoms with E-state index in [4.69, 9.17) is 5.73 Å². The Kier molecular flexibility index (Phi) is 9.59. The SMILES string of the molecule is CC(C)[C@H](N)C(=O)N(C)C1CCCN(c2ccccc2)C1.Cl.Cl. The van der Waals surface area contributed by atoms with E-state index in [-0.39, 0.29) is 42.7 Å². The number of hydrogen-bond donors (Lipinski definition) is 1. The summed E-state index contributed by atoms with van der Waals surface area (Å²) in [6.07, 6.45) is 2.16. The Balaban J connectivity index is 0.00000242. The van der Waals surface area contributed by atoms with Gasteiger partial charge >= 0.3 is 0 Å². The molecule has 1 aromatic rings. The van der Waals surface area contributed by atoms with Gasteiger partial charge in [0.05, 0.1) is 6.04 Å². The van der Waals surface area contributed by atoms with Gasteiger partial charge in [-0.05, 0) is 30.9 Å². The molecule has 1 aromatic carbocycles. The number of likely N-dealkylation sites (N-methyl/N-ethyl adjacent to an activating group) is 1. The Labute approximate surface area is 152 Å². The first kappa shape index (κ1) is 22.0. The Morgan fingerprint density at radius 2 is 1.87 bits per heavy atom. The van der Waals surface area contributed by atoms with Crippen molar-refractivity contribution < 1.29 is 4.79 Å². The van der Waals surface area contributed by atoms with Crippen LogP contribution >= 0.6 is 24.8 Å². The van der Waals surface area contributed by atoms with Crippen LogP contribution in [0, 0.1) is 5.92 Å². The van der Waals surface area contributed by atoms with Crippen molar-refractivity contribution in [3.63, 3.8) is 0 Å². The molecule has 1 aliphatic rings. The van der Waals surface area contributed by atoms with Gasteiger partial charge in [-0.25, -0.2) is 0 Å². The Bertz CT molecular complexity index is 470. The van der Waals surface area contributed by atoms with E-state index >= 15 is 0 Å². The number of para-hydroxylation sites is 1. The van der Waals surface area contributed by atoms with Crippen molar-refractivity contribution in [3.05, 3.63) is 30.3 Å². The van der Waals surface area contributed by atoms with Crippen molar-refractivity contribution in [2.45, 2.75) is 38.8 Å². The number of rotatable bonds is 4. The Morgan fingerprint density at radius 1 is 1.26 bits per heavy atom. The van der Waals surface area contributed by atoms with Crippen molar-refractivity contribution in [2.24, 2.45) is 11.7 Å². The number of nitrogens with zero attached hydrogens (tertiary/aromatic N) is 2. The average Bonchev–Trinajstić information content (AvgIpc) is 2.53. The van der Waals surface area contributed by atoms with Gasteiger partial charge in [0, 0.05) is 31.9 Å². The smallest absolute Gasteiger partial charge is 0.239 e. The van der Waals surface area contributed by atoms with Crippen LogP contribution in [-0.2, 0) is 4.79 Å². The molecule has 1 amide bonds. The zero-order chi connectivity index (χ0) is 15.4. The summed E-state index contributed by atoms with van der Waals surface area (Å²) in [5, 5.41) is 0. The quantitative estimate of drug-likeness (QED) is 0.896. The van der Waals surface area contributed by atoms with Crippen molar-refractivity contribution in [1.82, 2.24) is 4.90 Å². The molecular formula is C17H29Cl2N3O. The number of carbonyl (C=O) groups excluding carboxylic acids is 1. The lowest BCUT2D eigenvalue weighted by Crippen LogP contribution is -2.53. The van der Waals surface area contributed by atoms with Crippen LogP contribution in [0.2, 0.25) is 0 Å². The van der Waals surface area contributed by atoms with Crippen molar-refractivity contribution in [2.75, 3.05) is 25.0 Å². The van der Waals surface area contributed by atoms with E-state index in [0.717, 1.165) is 25.9 Å². The minimum Gasteiger partial charge on any atom is -0.369 e. The molecule has 1 saturated heterocycles. The fourth-order valence-electron chi connectivity index (χ4n) is 2.84. The number of halogens is 2. The number of amides is 1. The number of piperidine rings is 1. The van der Waals surface area contributed by atoms with E-state index in [0.29, 0.717) is 0 Å². The van der Waals surface area contributed by atoms with E-state index in [9.17, 15) is 4.79 Å². The molecule has 1 aliphatic heterocycles. The van der Waals surface area contributed by atoms with Crippen molar-refractivity contribution in [1.29, 1.82) is 0 Å². The number of hydrogen-bond acceptors (Lipinski definition) is 3. The zero-order valence-electron chi connectivity index (χ0n) is 14.1. The van der Waals surface area contributed by atoms with Crippen LogP contribution in [0.25, 0.3) is 0 Å². The minimum absolute atomic E-state index is 0. The average molecular weight is 362 g/mol. The lowest BCUT2D eigenvalue weighted by molar-refractivity contribution is -0.134. The number of nitrogens with two attached hydrogens (primary N) is 1.